The number of carboxylic acid groups (broad SMARTS) is 1. The molecule has 0 spiro atoms. The van der Waals surface area contributed by atoms with Crippen molar-refractivity contribution in [1.82, 2.24) is 10.3 Å². The summed E-state index contributed by atoms with van der Waals surface area (Å²) in [6.45, 7) is 2.08. The van der Waals surface area contributed by atoms with Crippen LogP contribution >= 0.6 is 0 Å². The Kier molecular flexibility index (Phi) is 5.74. The van der Waals surface area contributed by atoms with Gasteiger partial charge in [-0.3, -0.25) is 4.98 Å². The van der Waals surface area contributed by atoms with Crippen LogP contribution in [0.2, 0.25) is 0 Å². The van der Waals surface area contributed by atoms with Crippen LogP contribution in [0.4, 0.5) is 10.5 Å². The number of nitrogens with zero attached hydrogens (tertiary/aromatic N) is 1. The second-order valence-corrected chi connectivity index (χ2v) is 3.96. The fourth-order valence-electron chi connectivity index (χ4n) is 1.36. The first-order valence-corrected chi connectivity index (χ1v) is 5.75. The lowest BCUT2D eigenvalue weighted by molar-refractivity contribution is -0.139. The van der Waals surface area contributed by atoms with Gasteiger partial charge < -0.3 is 20.5 Å². The van der Waals surface area contributed by atoms with E-state index in [-0.39, 0.29) is 13.0 Å². The Morgan fingerprint density at radius 3 is 2.74 bits per heavy atom. The average Bonchev–Trinajstić information content (AvgIpc) is 2.37. The van der Waals surface area contributed by atoms with Gasteiger partial charge in [0.15, 0.2) is 0 Å². The Hall–Kier alpha value is -2.15. The topological polar surface area (TPSA) is 101 Å². The molecule has 0 aliphatic heterocycles. The number of aliphatic carboxylic acids is 1. The molecule has 2 amide bonds. The Labute approximate surface area is 111 Å². The number of anilines is 1. The summed E-state index contributed by atoms with van der Waals surface area (Å²) in [6.07, 6.45) is 1.70. The van der Waals surface area contributed by atoms with Gasteiger partial charge in [0.05, 0.1) is 11.9 Å². The number of ether oxygens (including phenoxy) is 1. The van der Waals surface area contributed by atoms with Crippen LogP contribution in [0.1, 0.15) is 12.1 Å². The van der Waals surface area contributed by atoms with E-state index in [0.717, 1.165) is 5.69 Å². The SMILES string of the molecule is COCCC(NC(=O)Nc1ccc(C)nc1)C(=O)O. The molecule has 1 heterocycles. The molecule has 0 saturated heterocycles. The third kappa shape index (κ3) is 5.35. The van der Waals surface area contributed by atoms with Gasteiger partial charge in [-0.05, 0) is 19.1 Å². The van der Waals surface area contributed by atoms with E-state index in [4.69, 9.17) is 9.84 Å². The maximum absolute atomic E-state index is 11.6. The van der Waals surface area contributed by atoms with Crippen molar-refractivity contribution in [2.24, 2.45) is 0 Å². The van der Waals surface area contributed by atoms with Gasteiger partial charge >= 0.3 is 12.0 Å². The lowest BCUT2D eigenvalue weighted by Crippen LogP contribution is -2.43. The standard InChI is InChI=1S/C12H17N3O4/c1-8-3-4-9(7-13-8)14-12(18)15-10(11(16)17)5-6-19-2/h3-4,7,10H,5-6H2,1-2H3,(H,16,17)(H2,14,15,18). The van der Waals surface area contributed by atoms with Gasteiger partial charge in [0.2, 0.25) is 0 Å². The van der Waals surface area contributed by atoms with Crippen LogP contribution in [-0.2, 0) is 9.53 Å². The molecule has 1 rings (SSSR count). The van der Waals surface area contributed by atoms with Crippen LogP contribution < -0.4 is 10.6 Å². The summed E-state index contributed by atoms with van der Waals surface area (Å²) in [6, 6.07) is 1.86. The smallest absolute Gasteiger partial charge is 0.326 e. The van der Waals surface area contributed by atoms with E-state index in [2.05, 4.69) is 15.6 Å². The third-order valence-corrected chi connectivity index (χ3v) is 2.38. The lowest BCUT2D eigenvalue weighted by atomic mass is 10.2. The highest BCUT2D eigenvalue weighted by Gasteiger charge is 2.19. The number of nitrogens with one attached hydrogen (secondary N) is 2. The van der Waals surface area contributed by atoms with Crippen LogP contribution in [0.25, 0.3) is 0 Å². The molecule has 1 aromatic heterocycles. The first-order chi connectivity index (χ1) is 9.02. The number of hydrogen-bond donors (Lipinski definition) is 3. The molecule has 7 nitrogen and oxygen atoms in total. The van der Waals surface area contributed by atoms with E-state index in [1.807, 2.05) is 6.92 Å². The number of methoxy groups -OCH3 is 1. The van der Waals surface area contributed by atoms with Crippen molar-refractivity contribution in [3.63, 3.8) is 0 Å². The van der Waals surface area contributed by atoms with Crippen LogP contribution in [0.3, 0.4) is 0 Å². The number of carboxylic acids is 1. The van der Waals surface area contributed by atoms with Gasteiger partial charge in [-0.15, -0.1) is 0 Å². The first-order valence-electron chi connectivity index (χ1n) is 5.75. The third-order valence-electron chi connectivity index (χ3n) is 2.38. The van der Waals surface area contributed by atoms with Crippen molar-refractivity contribution in [2.45, 2.75) is 19.4 Å². The van der Waals surface area contributed by atoms with Gasteiger partial charge in [-0.2, -0.15) is 0 Å². The summed E-state index contributed by atoms with van der Waals surface area (Å²) in [4.78, 5) is 26.6. The zero-order valence-electron chi connectivity index (χ0n) is 10.8. The van der Waals surface area contributed by atoms with Crippen LogP contribution in [0.15, 0.2) is 18.3 Å². The molecule has 0 aromatic carbocycles. The maximum atomic E-state index is 11.6. The fraction of sp³-hybridized carbons (Fsp3) is 0.417. The van der Waals surface area contributed by atoms with Gasteiger partial charge in [0, 0.05) is 25.8 Å². The second-order valence-electron chi connectivity index (χ2n) is 3.96. The monoisotopic (exact) mass is 267 g/mol. The summed E-state index contributed by atoms with van der Waals surface area (Å²) in [5, 5.41) is 13.8. The highest BCUT2D eigenvalue weighted by molar-refractivity contribution is 5.92. The summed E-state index contributed by atoms with van der Waals surface area (Å²) >= 11 is 0. The number of pyridine rings is 1. The number of carbonyl (C=O) groups is 2. The number of rotatable bonds is 6. The zero-order chi connectivity index (χ0) is 14.3. The van der Waals surface area contributed by atoms with Crippen LogP contribution in [0, 0.1) is 6.92 Å². The minimum Gasteiger partial charge on any atom is -0.480 e. The number of carbonyl (C=O) groups excluding carboxylic acids is 1. The van der Waals surface area contributed by atoms with Gasteiger partial charge in [0.1, 0.15) is 6.04 Å². The molecule has 3 N–H and O–H groups in total. The molecule has 0 bridgehead atoms. The largest absolute Gasteiger partial charge is 0.480 e. The Morgan fingerprint density at radius 2 is 2.21 bits per heavy atom. The van der Waals surface area contributed by atoms with Gasteiger partial charge in [0.25, 0.3) is 0 Å². The predicted molar refractivity (Wildman–Crippen MR) is 69.0 cm³/mol. The van der Waals surface area contributed by atoms with E-state index in [0.29, 0.717) is 5.69 Å². The van der Waals surface area contributed by atoms with Crippen molar-refractivity contribution in [1.29, 1.82) is 0 Å². The first kappa shape index (κ1) is 14.9. The fourth-order valence-corrected chi connectivity index (χ4v) is 1.36. The van der Waals surface area contributed by atoms with Crippen LogP contribution in [-0.4, -0.2) is 41.8 Å². The lowest BCUT2D eigenvalue weighted by Gasteiger charge is -2.14. The molecule has 1 unspecified atom stereocenters. The summed E-state index contributed by atoms with van der Waals surface area (Å²) < 4.78 is 4.79. The molecular formula is C12H17N3O4. The molecular weight excluding hydrogens is 250 g/mol. The van der Waals surface area contributed by atoms with Crippen molar-refractivity contribution in [3.05, 3.63) is 24.0 Å². The number of hydrogen-bond acceptors (Lipinski definition) is 4. The molecule has 7 heteroatoms. The maximum Gasteiger partial charge on any atom is 0.326 e. The summed E-state index contributed by atoms with van der Waals surface area (Å²) in [5.41, 5.74) is 1.33. The summed E-state index contributed by atoms with van der Waals surface area (Å²) in [7, 11) is 1.47. The molecule has 1 aromatic rings. The number of amides is 2. The van der Waals surface area contributed by atoms with E-state index >= 15 is 0 Å². The highest BCUT2D eigenvalue weighted by Crippen LogP contribution is 2.05. The normalized spacial score (nSPS) is 11.7. The predicted octanol–water partition coefficient (Wildman–Crippen LogP) is 1.00. The number of urea groups is 1. The Balaban J connectivity index is 2.52. The van der Waals surface area contributed by atoms with Gasteiger partial charge in [-0.25, -0.2) is 9.59 Å². The van der Waals surface area contributed by atoms with Crippen LogP contribution in [0.5, 0.6) is 0 Å². The molecule has 19 heavy (non-hydrogen) atoms. The van der Waals surface area contributed by atoms with E-state index in [1.165, 1.54) is 13.3 Å². The quantitative estimate of drug-likeness (QED) is 0.714. The second kappa shape index (κ2) is 7.32. The van der Waals surface area contributed by atoms with Crippen molar-refractivity contribution < 1.29 is 19.4 Å². The van der Waals surface area contributed by atoms with E-state index in [1.54, 1.807) is 12.1 Å². The molecule has 104 valence electrons. The highest BCUT2D eigenvalue weighted by atomic mass is 16.5. The molecule has 0 saturated carbocycles. The molecule has 1 atom stereocenters. The number of aryl methyl sites for hydroxylation is 1. The van der Waals surface area contributed by atoms with E-state index in [9.17, 15) is 9.59 Å². The molecule has 0 fully saturated rings. The minimum atomic E-state index is -1.10. The number of aromatic nitrogens is 1. The van der Waals surface area contributed by atoms with Crippen molar-refractivity contribution in [2.75, 3.05) is 19.0 Å². The molecule has 0 aliphatic carbocycles. The zero-order valence-corrected chi connectivity index (χ0v) is 10.8. The summed E-state index contributed by atoms with van der Waals surface area (Å²) in [5.74, 6) is -1.10. The van der Waals surface area contributed by atoms with Crippen molar-refractivity contribution >= 4 is 17.7 Å². The molecule has 0 radical (unpaired) electrons. The van der Waals surface area contributed by atoms with Crippen molar-refractivity contribution in [3.8, 4) is 0 Å². The van der Waals surface area contributed by atoms with E-state index < -0.39 is 18.0 Å². The minimum absolute atomic E-state index is 0.200. The van der Waals surface area contributed by atoms with Gasteiger partial charge in [-0.1, -0.05) is 0 Å². The Morgan fingerprint density at radius 1 is 1.47 bits per heavy atom. The average molecular weight is 267 g/mol. The Bertz CT molecular complexity index is 433. The molecule has 0 aliphatic rings.